The first kappa shape index (κ1) is 15.2. The van der Waals surface area contributed by atoms with E-state index >= 15 is 0 Å². The van der Waals surface area contributed by atoms with Crippen molar-refractivity contribution in [1.82, 2.24) is 0 Å². The Hall–Kier alpha value is -1.88. The molecule has 2 heteroatoms. The van der Waals surface area contributed by atoms with Crippen LogP contribution in [-0.2, 0) is 9.47 Å². The summed E-state index contributed by atoms with van der Waals surface area (Å²) < 4.78 is 11.3. The van der Waals surface area contributed by atoms with Gasteiger partial charge in [-0.1, -0.05) is 37.1 Å². The Bertz CT molecular complexity index is 419. The Kier molecular flexibility index (Phi) is 7.27. The highest BCUT2D eigenvalue weighted by Gasteiger charge is 2.09. The minimum absolute atomic E-state index is 0.131. The first-order valence-electron chi connectivity index (χ1n) is 6.77. The number of terminal acetylenes is 1. The van der Waals surface area contributed by atoms with E-state index in [2.05, 4.69) is 18.9 Å². The van der Waals surface area contributed by atoms with Crippen LogP contribution >= 0.6 is 0 Å². The van der Waals surface area contributed by atoms with Crippen LogP contribution in [0.5, 0.6) is 0 Å². The third kappa shape index (κ3) is 5.52. The molecular weight excluding hydrogens is 236 g/mol. The highest BCUT2D eigenvalue weighted by atomic mass is 16.5. The average molecular weight is 258 g/mol. The van der Waals surface area contributed by atoms with Gasteiger partial charge in [-0.2, -0.15) is 0 Å². The summed E-state index contributed by atoms with van der Waals surface area (Å²) in [7, 11) is 0. The summed E-state index contributed by atoms with van der Waals surface area (Å²) in [4.78, 5) is 0. The van der Waals surface area contributed by atoms with Gasteiger partial charge in [-0.25, -0.2) is 0 Å². The molecule has 0 heterocycles. The predicted octanol–water partition coefficient (Wildman–Crippen LogP) is 3.98. The van der Waals surface area contributed by atoms with E-state index < -0.39 is 0 Å². The van der Waals surface area contributed by atoms with E-state index in [1.807, 2.05) is 37.3 Å². The number of ether oxygens (including phenoxy) is 2. The van der Waals surface area contributed by atoms with Gasteiger partial charge in [0.1, 0.15) is 5.76 Å². The summed E-state index contributed by atoms with van der Waals surface area (Å²) in [6, 6.07) is 0. The molecular formula is C17H22O2. The van der Waals surface area contributed by atoms with E-state index in [0.717, 1.165) is 24.4 Å². The van der Waals surface area contributed by atoms with Gasteiger partial charge in [-0.05, 0) is 25.5 Å². The van der Waals surface area contributed by atoms with Gasteiger partial charge < -0.3 is 9.47 Å². The number of hydrogen-bond acceptors (Lipinski definition) is 2. The van der Waals surface area contributed by atoms with Crippen molar-refractivity contribution in [2.45, 2.75) is 26.7 Å². The summed E-state index contributed by atoms with van der Waals surface area (Å²) >= 11 is 0. The van der Waals surface area contributed by atoms with E-state index in [1.165, 1.54) is 0 Å². The molecule has 19 heavy (non-hydrogen) atoms. The molecule has 0 spiro atoms. The van der Waals surface area contributed by atoms with Crippen LogP contribution in [0.4, 0.5) is 0 Å². The second kappa shape index (κ2) is 9.10. The fourth-order valence-electron chi connectivity index (χ4n) is 1.67. The van der Waals surface area contributed by atoms with Crippen molar-refractivity contribution in [3.8, 4) is 12.3 Å². The third-order valence-electron chi connectivity index (χ3n) is 2.59. The van der Waals surface area contributed by atoms with Crippen LogP contribution in [-0.4, -0.2) is 13.2 Å². The van der Waals surface area contributed by atoms with Gasteiger partial charge in [0, 0.05) is 6.42 Å². The Morgan fingerprint density at radius 3 is 2.79 bits per heavy atom. The van der Waals surface area contributed by atoms with Crippen LogP contribution < -0.4 is 0 Å². The van der Waals surface area contributed by atoms with Crippen molar-refractivity contribution >= 4 is 0 Å². The lowest BCUT2D eigenvalue weighted by atomic mass is 10.1. The first-order valence-corrected chi connectivity index (χ1v) is 6.77. The smallest absolute Gasteiger partial charge is 0.115 e. The number of allylic oxidation sites excluding steroid dienone is 6. The molecule has 102 valence electrons. The quantitative estimate of drug-likeness (QED) is 0.694. The van der Waals surface area contributed by atoms with Crippen molar-refractivity contribution in [1.29, 1.82) is 0 Å². The molecule has 1 unspecified atom stereocenters. The lowest BCUT2D eigenvalue weighted by molar-refractivity contribution is 0.196. The predicted molar refractivity (Wildman–Crippen MR) is 79.3 cm³/mol. The number of rotatable bonds is 5. The fraction of sp³-hybridized carbons (Fsp3) is 0.412. The molecule has 0 aliphatic heterocycles. The molecule has 0 bridgehead atoms. The number of hydrogen-bond donors (Lipinski definition) is 0. The molecule has 0 fully saturated rings. The summed E-state index contributed by atoms with van der Waals surface area (Å²) in [5.74, 6) is 4.33. The van der Waals surface area contributed by atoms with E-state index in [1.54, 1.807) is 0 Å². The van der Waals surface area contributed by atoms with Gasteiger partial charge in [0.15, 0.2) is 0 Å². The molecule has 0 saturated heterocycles. The van der Waals surface area contributed by atoms with E-state index in [4.69, 9.17) is 15.9 Å². The summed E-state index contributed by atoms with van der Waals surface area (Å²) in [5, 5.41) is 0. The monoisotopic (exact) mass is 258 g/mol. The average Bonchev–Trinajstić information content (AvgIpc) is 2.43. The lowest BCUT2D eigenvalue weighted by Crippen LogP contribution is -2.04. The normalized spacial score (nSPS) is 27.9. The van der Waals surface area contributed by atoms with Gasteiger partial charge in [0.2, 0.25) is 0 Å². The lowest BCUT2D eigenvalue weighted by Gasteiger charge is -2.14. The van der Waals surface area contributed by atoms with Gasteiger partial charge >= 0.3 is 0 Å². The maximum Gasteiger partial charge on any atom is 0.115 e. The van der Waals surface area contributed by atoms with Crippen molar-refractivity contribution < 1.29 is 9.47 Å². The summed E-state index contributed by atoms with van der Waals surface area (Å²) in [6.45, 7) is 5.38. The van der Waals surface area contributed by atoms with Gasteiger partial charge in [-0.3, -0.25) is 0 Å². The molecule has 0 radical (unpaired) electrons. The summed E-state index contributed by atoms with van der Waals surface area (Å²) in [5.41, 5.74) is 0. The Morgan fingerprint density at radius 1 is 1.26 bits per heavy atom. The van der Waals surface area contributed by atoms with Crippen molar-refractivity contribution in [3.05, 3.63) is 48.0 Å². The molecule has 0 amide bonds. The molecule has 1 aliphatic rings. The highest BCUT2D eigenvalue weighted by molar-refractivity contribution is 5.27. The van der Waals surface area contributed by atoms with Crippen LogP contribution in [0.25, 0.3) is 0 Å². The molecule has 0 aromatic heterocycles. The van der Waals surface area contributed by atoms with Gasteiger partial charge in [0.05, 0.1) is 24.9 Å². The minimum Gasteiger partial charge on any atom is -0.498 e. The molecule has 0 aromatic rings. The minimum atomic E-state index is -0.131. The molecule has 1 atom stereocenters. The zero-order valence-electron chi connectivity index (χ0n) is 11.8. The van der Waals surface area contributed by atoms with Crippen LogP contribution in [0, 0.1) is 18.3 Å². The first-order chi connectivity index (χ1) is 9.31. The van der Waals surface area contributed by atoms with Crippen LogP contribution in [0.3, 0.4) is 0 Å². The Balaban J connectivity index is 2.97. The zero-order valence-corrected chi connectivity index (χ0v) is 11.8. The van der Waals surface area contributed by atoms with Crippen LogP contribution in [0.15, 0.2) is 48.0 Å². The van der Waals surface area contributed by atoms with Crippen molar-refractivity contribution in [2.75, 3.05) is 13.2 Å². The molecule has 2 nitrogen and oxygen atoms in total. The molecule has 1 aliphatic carbocycles. The maximum atomic E-state index is 5.74. The summed E-state index contributed by atoms with van der Waals surface area (Å²) in [6.07, 6.45) is 19.1. The van der Waals surface area contributed by atoms with E-state index in [0.29, 0.717) is 13.2 Å². The standard InChI is InChI=1S/C17H22O2/c1-4-14-19-17-13-12-16(18-6-3)11-9-7-8-10-15(17)5-2/h2,7-10,12-13,15H,4,6,11,14H2,1,3H3/b9-7-,10-8-,16-12+,17-13+. The van der Waals surface area contributed by atoms with Gasteiger partial charge in [-0.15, -0.1) is 6.42 Å². The topological polar surface area (TPSA) is 18.5 Å². The Labute approximate surface area is 116 Å². The van der Waals surface area contributed by atoms with E-state index in [-0.39, 0.29) is 5.92 Å². The van der Waals surface area contributed by atoms with E-state index in [9.17, 15) is 0 Å². The van der Waals surface area contributed by atoms with Crippen molar-refractivity contribution in [3.63, 3.8) is 0 Å². The SMILES string of the molecule is C#CC1/C=C\C=C/C/C(OCC)=C\C=C/1OCCC. The molecule has 0 aromatic carbocycles. The maximum absolute atomic E-state index is 5.74. The molecule has 1 rings (SSSR count). The largest absolute Gasteiger partial charge is 0.498 e. The highest BCUT2D eigenvalue weighted by Crippen LogP contribution is 2.17. The second-order valence-corrected chi connectivity index (χ2v) is 4.15. The molecule has 0 N–H and O–H groups in total. The second-order valence-electron chi connectivity index (χ2n) is 4.15. The zero-order chi connectivity index (χ0) is 13.9. The van der Waals surface area contributed by atoms with Gasteiger partial charge in [0.25, 0.3) is 0 Å². The van der Waals surface area contributed by atoms with Crippen LogP contribution in [0.2, 0.25) is 0 Å². The fourth-order valence-corrected chi connectivity index (χ4v) is 1.67. The van der Waals surface area contributed by atoms with Crippen molar-refractivity contribution in [2.24, 2.45) is 5.92 Å². The third-order valence-corrected chi connectivity index (χ3v) is 2.59. The molecule has 0 saturated carbocycles. The Morgan fingerprint density at radius 2 is 2.11 bits per heavy atom. The van der Waals surface area contributed by atoms with Crippen LogP contribution in [0.1, 0.15) is 26.7 Å².